The normalized spacial score (nSPS) is 18.5. The maximum Gasteiger partial charge on any atom is 0.127 e. The van der Waals surface area contributed by atoms with Crippen molar-refractivity contribution in [3.05, 3.63) is 17.8 Å². The lowest BCUT2D eigenvalue weighted by Crippen LogP contribution is -2.03. The first-order chi connectivity index (χ1) is 6.18. The molecule has 1 aliphatic rings. The Labute approximate surface area is 79.8 Å². The van der Waals surface area contributed by atoms with Gasteiger partial charge in [0.15, 0.2) is 0 Å². The van der Waals surface area contributed by atoms with Crippen molar-refractivity contribution in [3.8, 4) is 0 Å². The molecule has 1 heterocycles. The highest BCUT2D eigenvalue weighted by Gasteiger charge is 2.30. The topological polar surface area (TPSA) is 56.0 Å². The van der Waals surface area contributed by atoms with E-state index in [1.165, 1.54) is 0 Å². The highest BCUT2D eigenvalue weighted by Crippen LogP contribution is 2.29. The molecular weight excluding hydrogens is 184 g/mol. The largest absolute Gasteiger partial charge is 0.397 e. The molecule has 13 heavy (non-hydrogen) atoms. The van der Waals surface area contributed by atoms with Gasteiger partial charge in [-0.25, -0.2) is 4.98 Å². The lowest BCUT2D eigenvalue weighted by atomic mass is 10.3. The van der Waals surface area contributed by atoms with Crippen LogP contribution in [0.4, 0.5) is 5.69 Å². The molecule has 0 bridgehead atoms. The zero-order valence-corrected chi connectivity index (χ0v) is 8.30. The van der Waals surface area contributed by atoms with Gasteiger partial charge in [0.2, 0.25) is 0 Å². The van der Waals surface area contributed by atoms with Crippen LogP contribution in [0.25, 0.3) is 0 Å². The summed E-state index contributed by atoms with van der Waals surface area (Å²) in [7, 11) is -0.909. The second-order valence-corrected chi connectivity index (χ2v) is 5.00. The van der Waals surface area contributed by atoms with Crippen LogP contribution in [0.3, 0.4) is 0 Å². The van der Waals surface area contributed by atoms with Crippen molar-refractivity contribution in [3.63, 3.8) is 0 Å². The molecule has 1 fully saturated rings. The molecule has 1 aromatic rings. The lowest BCUT2D eigenvalue weighted by molar-refractivity contribution is 0.679. The molecule has 1 aliphatic carbocycles. The van der Waals surface area contributed by atoms with Gasteiger partial charge in [0.25, 0.3) is 0 Å². The quantitative estimate of drug-likeness (QED) is 0.774. The number of nitrogens with two attached hydrogens (primary N) is 1. The second kappa shape index (κ2) is 3.10. The van der Waals surface area contributed by atoms with E-state index in [0.29, 0.717) is 16.0 Å². The van der Waals surface area contributed by atoms with Crippen LogP contribution in [0.15, 0.2) is 17.2 Å². The molecule has 1 unspecified atom stereocenters. The molecule has 70 valence electrons. The fraction of sp³-hybridized carbons (Fsp3) is 0.444. The number of rotatable bonds is 2. The number of aromatic nitrogens is 1. The van der Waals surface area contributed by atoms with Crippen molar-refractivity contribution in [1.82, 2.24) is 4.98 Å². The van der Waals surface area contributed by atoms with Crippen LogP contribution in [0.1, 0.15) is 18.5 Å². The van der Waals surface area contributed by atoms with Gasteiger partial charge in [-0.2, -0.15) is 0 Å². The van der Waals surface area contributed by atoms with E-state index < -0.39 is 10.8 Å². The summed E-state index contributed by atoms with van der Waals surface area (Å²) >= 11 is 0. The summed E-state index contributed by atoms with van der Waals surface area (Å²) in [5.41, 5.74) is 7.05. The van der Waals surface area contributed by atoms with Crippen LogP contribution >= 0.6 is 0 Å². The highest BCUT2D eigenvalue weighted by atomic mass is 32.2. The van der Waals surface area contributed by atoms with Gasteiger partial charge in [0, 0.05) is 5.25 Å². The van der Waals surface area contributed by atoms with Gasteiger partial charge < -0.3 is 5.73 Å². The van der Waals surface area contributed by atoms with Gasteiger partial charge in [-0.3, -0.25) is 4.21 Å². The van der Waals surface area contributed by atoms with Crippen LogP contribution in [0.2, 0.25) is 0 Å². The average molecular weight is 196 g/mol. The molecule has 2 rings (SSSR count). The fourth-order valence-electron chi connectivity index (χ4n) is 1.11. The Morgan fingerprint density at radius 1 is 1.54 bits per heavy atom. The number of hydrogen-bond acceptors (Lipinski definition) is 3. The third-order valence-electron chi connectivity index (χ3n) is 2.13. The van der Waals surface area contributed by atoms with Crippen molar-refractivity contribution in [1.29, 1.82) is 0 Å². The summed E-state index contributed by atoms with van der Waals surface area (Å²) in [5.74, 6) is 0. The van der Waals surface area contributed by atoms with Gasteiger partial charge in [0.05, 0.1) is 22.2 Å². The Morgan fingerprint density at radius 2 is 2.23 bits per heavy atom. The van der Waals surface area contributed by atoms with Gasteiger partial charge >= 0.3 is 0 Å². The number of nitrogen functional groups attached to an aromatic ring is 1. The number of aryl methyl sites for hydroxylation is 1. The Kier molecular flexibility index (Phi) is 2.07. The molecule has 1 aromatic heterocycles. The monoisotopic (exact) mass is 196 g/mol. The molecule has 3 nitrogen and oxygen atoms in total. The Hall–Kier alpha value is -0.900. The zero-order chi connectivity index (χ0) is 9.42. The van der Waals surface area contributed by atoms with E-state index in [2.05, 4.69) is 4.98 Å². The van der Waals surface area contributed by atoms with E-state index in [1.807, 2.05) is 6.92 Å². The molecule has 0 aromatic carbocycles. The van der Waals surface area contributed by atoms with E-state index >= 15 is 0 Å². The number of nitrogens with zero attached hydrogens (tertiary/aromatic N) is 1. The van der Waals surface area contributed by atoms with E-state index in [9.17, 15) is 4.21 Å². The summed E-state index contributed by atoms with van der Waals surface area (Å²) in [6, 6.07) is 3.54. The fourth-order valence-corrected chi connectivity index (χ4v) is 2.45. The number of hydrogen-bond donors (Lipinski definition) is 1. The minimum Gasteiger partial charge on any atom is -0.397 e. The summed E-state index contributed by atoms with van der Waals surface area (Å²) in [6.07, 6.45) is 2.13. The third-order valence-corrected chi connectivity index (χ3v) is 3.85. The molecule has 4 heteroatoms. The molecule has 0 spiro atoms. The minimum atomic E-state index is -0.909. The van der Waals surface area contributed by atoms with Crippen molar-refractivity contribution in [2.45, 2.75) is 30.0 Å². The first-order valence-electron chi connectivity index (χ1n) is 4.32. The van der Waals surface area contributed by atoms with Crippen LogP contribution < -0.4 is 5.73 Å². The molecule has 2 N–H and O–H groups in total. The standard InChI is InChI=1S/C9H12N2OS/c1-6-8(10)4-5-9(11-6)13(12)7-2-3-7/h4-5,7H,2-3,10H2,1H3. The van der Waals surface area contributed by atoms with Crippen molar-refractivity contribution in [2.75, 3.05) is 5.73 Å². The van der Waals surface area contributed by atoms with E-state index in [0.717, 1.165) is 18.5 Å². The summed E-state index contributed by atoms with van der Waals surface area (Å²) in [5, 5.41) is 1.02. The molecular formula is C9H12N2OS. The maximum absolute atomic E-state index is 11.7. The number of anilines is 1. The predicted molar refractivity (Wildman–Crippen MR) is 52.8 cm³/mol. The van der Waals surface area contributed by atoms with Gasteiger partial charge in [-0.15, -0.1) is 0 Å². The van der Waals surface area contributed by atoms with Crippen LogP contribution in [-0.4, -0.2) is 14.4 Å². The van der Waals surface area contributed by atoms with Crippen molar-refractivity contribution in [2.24, 2.45) is 0 Å². The Morgan fingerprint density at radius 3 is 2.77 bits per heavy atom. The van der Waals surface area contributed by atoms with Crippen LogP contribution in [0.5, 0.6) is 0 Å². The summed E-state index contributed by atoms with van der Waals surface area (Å²) in [6.45, 7) is 1.84. The van der Waals surface area contributed by atoms with Gasteiger partial charge in [0.1, 0.15) is 5.03 Å². The van der Waals surface area contributed by atoms with E-state index in [4.69, 9.17) is 5.73 Å². The van der Waals surface area contributed by atoms with E-state index in [1.54, 1.807) is 12.1 Å². The summed E-state index contributed by atoms with van der Waals surface area (Å²) in [4.78, 5) is 4.21. The van der Waals surface area contributed by atoms with E-state index in [-0.39, 0.29) is 0 Å². The smallest absolute Gasteiger partial charge is 0.127 e. The van der Waals surface area contributed by atoms with Gasteiger partial charge in [-0.1, -0.05) is 0 Å². The molecule has 1 atom stereocenters. The molecule has 0 radical (unpaired) electrons. The minimum absolute atomic E-state index is 0.343. The van der Waals surface area contributed by atoms with Gasteiger partial charge in [-0.05, 0) is 31.9 Å². The summed E-state index contributed by atoms with van der Waals surface area (Å²) < 4.78 is 11.7. The van der Waals surface area contributed by atoms with Crippen molar-refractivity contribution < 1.29 is 4.21 Å². The number of pyridine rings is 1. The first kappa shape index (κ1) is 8.69. The Bertz CT molecular complexity index is 361. The maximum atomic E-state index is 11.7. The third kappa shape index (κ3) is 1.72. The SMILES string of the molecule is Cc1nc(S(=O)C2CC2)ccc1N. The average Bonchev–Trinajstić information content (AvgIpc) is 2.91. The molecule has 0 amide bonds. The highest BCUT2D eigenvalue weighted by molar-refractivity contribution is 7.85. The van der Waals surface area contributed by atoms with Crippen molar-refractivity contribution >= 4 is 16.5 Å². The zero-order valence-electron chi connectivity index (χ0n) is 7.49. The molecule has 0 aliphatic heterocycles. The first-order valence-corrected chi connectivity index (χ1v) is 5.53. The second-order valence-electron chi connectivity index (χ2n) is 3.32. The molecule has 1 saturated carbocycles. The Balaban J connectivity index is 2.30. The lowest BCUT2D eigenvalue weighted by Gasteiger charge is -2.02. The predicted octanol–water partition coefficient (Wildman–Crippen LogP) is 1.24. The van der Waals surface area contributed by atoms with Crippen LogP contribution in [-0.2, 0) is 10.8 Å². The van der Waals surface area contributed by atoms with Crippen LogP contribution in [0, 0.1) is 6.92 Å². The molecule has 0 saturated heterocycles.